The maximum atomic E-state index is 11.7. The number of urea groups is 1. The van der Waals surface area contributed by atoms with Gasteiger partial charge in [-0.3, -0.25) is 4.79 Å². The number of piperidine rings is 1. The molecule has 3 N–H and O–H groups in total. The van der Waals surface area contributed by atoms with Crippen LogP contribution in [-0.2, 0) is 4.79 Å². The largest absolute Gasteiger partial charge is 0.481 e. The van der Waals surface area contributed by atoms with Gasteiger partial charge in [-0.1, -0.05) is 13.3 Å². The quantitative estimate of drug-likeness (QED) is 0.597. The predicted molar refractivity (Wildman–Crippen MR) is 82.4 cm³/mol. The van der Waals surface area contributed by atoms with Crippen LogP contribution in [0.1, 0.15) is 52.4 Å². The van der Waals surface area contributed by atoms with Crippen LogP contribution in [0.3, 0.4) is 0 Å². The number of aliphatic carboxylic acids is 1. The first kappa shape index (κ1) is 17.8. The normalized spacial score (nSPS) is 20.8. The standard InChI is InChI=1S/C15H29N3O3/c1-3-13(11-14(19)20)17-15(21)16-8-6-10-18-9-5-4-7-12(18)2/h12-13H,3-11H2,1-2H3,(H,19,20)(H2,16,17,21). The highest BCUT2D eigenvalue weighted by atomic mass is 16.4. The second-order valence-electron chi connectivity index (χ2n) is 5.84. The number of nitrogens with one attached hydrogen (secondary N) is 2. The van der Waals surface area contributed by atoms with Gasteiger partial charge in [-0.2, -0.15) is 0 Å². The molecule has 2 amide bonds. The van der Waals surface area contributed by atoms with Crippen molar-refractivity contribution < 1.29 is 14.7 Å². The lowest BCUT2D eigenvalue weighted by atomic mass is 10.0. The number of amides is 2. The maximum absolute atomic E-state index is 11.7. The Balaban J connectivity index is 2.13. The van der Waals surface area contributed by atoms with Gasteiger partial charge in [0.2, 0.25) is 0 Å². The van der Waals surface area contributed by atoms with E-state index in [9.17, 15) is 9.59 Å². The number of carboxylic acids is 1. The summed E-state index contributed by atoms with van der Waals surface area (Å²) in [6.07, 6.45) is 5.36. The Morgan fingerprint density at radius 2 is 2.14 bits per heavy atom. The summed E-state index contributed by atoms with van der Waals surface area (Å²) in [6.45, 7) is 6.92. The van der Waals surface area contributed by atoms with Gasteiger partial charge in [0.1, 0.15) is 0 Å². The number of carbonyl (C=O) groups is 2. The molecule has 1 saturated heterocycles. The summed E-state index contributed by atoms with van der Waals surface area (Å²) < 4.78 is 0. The third-order valence-corrected chi connectivity index (χ3v) is 4.10. The first-order chi connectivity index (χ1) is 10.0. The van der Waals surface area contributed by atoms with Crippen molar-refractivity contribution in [3.63, 3.8) is 0 Å². The average molecular weight is 299 g/mol. The number of carboxylic acid groups (broad SMARTS) is 1. The second kappa shape index (κ2) is 9.60. The first-order valence-electron chi connectivity index (χ1n) is 8.03. The molecule has 0 saturated carbocycles. The van der Waals surface area contributed by atoms with Gasteiger partial charge in [-0.25, -0.2) is 4.79 Å². The van der Waals surface area contributed by atoms with Crippen LogP contribution in [-0.4, -0.2) is 53.7 Å². The molecule has 0 aliphatic carbocycles. The maximum Gasteiger partial charge on any atom is 0.315 e. The Bertz CT molecular complexity index is 336. The number of likely N-dealkylation sites (tertiary alicyclic amines) is 1. The lowest BCUT2D eigenvalue weighted by Gasteiger charge is -2.33. The van der Waals surface area contributed by atoms with E-state index in [2.05, 4.69) is 22.5 Å². The van der Waals surface area contributed by atoms with E-state index in [4.69, 9.17) is 5.11 Å². The molecular weight excluding hydrogens is 270 g/mol. The van der Waals surface area contributed by atoms with Crippen molar-refractivity contribution in [2.24, 2.45) is 0 Å². The predicted octanol–water partition coefficient (Wildman–Crippen LogP) is 1.80. The molecule has 6 heteroatoms. The van der Waals surface area contributed by atoms with Crippen LogP contribution in [0.2, 0.25) is 0 Å². The van der Waals surface area contributed by atoms with Gasteiger partial charge in [0.15, 0.2) is 0 Å². The Labute approximate surface area is 127 Å². The second-order valence-corrected chi connectivity index (χ2v) is 5.84. The van der Waals surface area contributed by atoms with E-state index in [0.717, 1.165) is 19.5 Å². The highest BCUT2D eigenvalue weighted by Gasteiger charge is 2.17. The van der Waals surface area contributed by atoms with Crippen molar-refractivity contribution in [3.8, 4) is 0 Å². The zero-order valence-corrected chi connectivity index (χ0v) is 13.2. The van der Waals surface area contributed by atoms with Crippen LogP contribution in [0.15, 0.2) is 0 Å². The van der Waals surface area contributed by atoms with Crippen molar-refractivity contribution in [1.82, 2.24) is 15.5 Å². The first-order valence-corrected chi connectivity index (χ1v) is 8.03. The van der Waals surface area contributed by atoms with Crippen molar-refractivity contribution in [3.05, 3.63) is 0 Å². The summed E-state index contributed by atoms with van der Waals surface area (Å²) in [6, 6.07) is 0.0759. The molecule has 0 spiro atoms. The van der Waals surface area contributed by atoms with E-state index in [1.807, 2.05) is 6.92 Å². The molecule has 6 nitrogen and oxygen atoms in total. The van der Waals surface area contributed by atoms with E-state index in [1.54, 1.807) is 0 Å². The Kier molecular flexibility index (Phi) is 8.12. The smallest absolute Gasteiger partial charge is 0.315 e. The van der Waals surface area contributed by atoms with Crippen LogP contribution >= 0.6 is 0 Å². The zero-order chi connectivity index (χ0) is 15.7. The number of carbonyl (C=O) groups excluding carboxylic acids is 1. The molecule has 0 aromatic rings. The molecule has 1 aliphatic heterocycles. The monoisotopic (exact) mass is 299 g/mol. The van der Waals surface area contributed by atoms with Gasteiger partial charge < -0.3 is 20.6 Å². The highest BCUT2D eigenvalue weighted by Crippen LogP contribution is 2.15. The van der Waals surface area contributed by atoms with Crippen LogP contribution in [0.25, 0.3) is 0 Å². The van der Waals surface area contributed by atoms with E-state index in [0.29, 0.717) is 19.0 Å². The van der Waals surface area contributed by atoms with Crippen molar-refractivity contribution >= 4 is 12.0 Å². The molecule has 1 aliphatic rings. The van der Waals surface area contributed by atoms with Gasteiger partial charge in [0.25, 0.3) is 0 Å². The summed E-state index contributed by atoms with van der Waals surface area (Å²) in [5.41, 5.74) is 0. The van der Waals surface area contributed by atoms with Crippen molar-refractivity contribution in [2.45, 2.75) is 64.5 Å². The van der Waals surface area contributed by atoms with E-state index in [1.165, 1.54) is 19.3 Å². The van der Waals surface area contributed by atoms with Crippen LogP contribution in [0.4, 0.5) is 4.79 Å². The Hall–Kier alpha value is -1.30. The minimum atomic E-state index is -0.888. The summed E-state index contributed by atoms with van der Waals surface area (Å²) in [4.78, 5) is 24.8. The molecule has 1 fully saturated rings. The fourth-order valence-electron chi connectivity index (χ4n) is 2.72. The summed E-state index contributed by atoms with van der Waals surface area (Å²) >= 11 is 0. The topological polar surface area (TPSA) is 81.7 Å². The summed E-state index contributed by atoms with van der Waals surface area (Å²) in [5.74, 6) is -0.888. The van der Waals surface area contributed by atoms with Crippen LogP contribution in [0.5, 0.6) is 0 Å². The van der Waals surface area contributed by atoms with Gasteiger partial charge in [0.05, 0.1) is 6.42 Å². The molecule has 21 heavy (non-hydrogen) atoms. The summed E-state index contributed by atoms with van der Waals surface area (Å²) in [5, 5.41) is 14.2. The molecule has 2 unspecified atom stereocenters. The number of rotatable bonds is 8. The van der Waals surface area contributed by atoms with Gasteiger partial charge in [-0.15, -0.1) is 0 Å². The number of nitrogens with zero attached hydrogens (tertiary/aromatic N) is 1. The van der Waals surface area contributed by atoms with E-state index >= 15 is 0 Å². The number of hydrogen-bond donors (Lipinski definition) is 3. The van der Waals surface area contributed by atoms with E-state index < -0.39 is 5.97 Å². The van der Waals surface area contributed by atoms with Gasteiger partial charge in [-0.05, 0) is 39.2 Å². The molecule has 0 bridgehead atoms. The van der Waals surface area contributed by atoms with Gasteiger partial charge in [0, 0.05) is 25.2 Å². The van der Waals surface area contributed by atoms with Gasteiger partial charge >= 0.3 is 12.0 Å². The molecule has 1 rings (SSSR count). The SMILES string of the molecule is CCC(CC(=O)O)NC(=O)NCCCN1CCCCC1C. The fourth-order valence-corrected chi connectivity index (χ4v) is 2.72. The molecule has 122 valence electrons. The fraction of sp³-hybridized carbons (Fsp3) is 0.867. The zero-order valence-electron chi connectivity index (χ0n) is 13.2. The van der Waals surface area contributed by atoms with Crippen molar-refractivity contribution in [1.29, 1.82) is 0 Å². The molecule has 0 radical (unpaired) electrons. The third kappa shape index (κ3) is 7.32. The van der Waals surface area contributed by atoms with Crippen LogP contribution < -0.4 is 10.6 Å². The molecule has 0 aromatic heterocycles. The molecular formula is C15H29N3O3. The minimum Gasteiger partial charge on any atom is -0.481 e. The lowest BCUT2D eigenvalue weighted by molar-refractivity contribution is -0.137. The number of hydrogen-bond acceptors (Lipinski definition) is 3. The van der Waals surface area contributed by atoms with Crippen LogP contribution in [0, 0.1) is 0 Å². The van der Waals surface area contributed by atoms with E-state index in [-0.39, 0.29) is 18.5 Å². The van der Waals surface area contributed by atoms with Crippen molar-refractivity contribution in [2.75, 3.05) is 19.6 Å². The minimum absolute atomic E-state index is 0.0325. The Morgan fingerprint density at radius 3 is 2.76 bits per heavy atom. The highest BCUT2D eigenvalue weighted by molar-refractivity contribution is 5.75. The summed E-state index contributed by atoms with van der Waals surface area (Å²) in [7, 11) is 0. The Morgan fingerprint density at radius 1 is 1.38 bits per heavy atom. The third-order valence-electron chi connectivity index (χ3n) is 4.10. The average Bonchev–Trinajstić information content (AvgIpc) is 2.44. The molecule has 0 aromatic carbocycles. The molecule has 2 atom stereocenters. The molecule has 1 heterocycles. The lowest BCUT2D eigenvalue weighted by Crippen LogP contribution is -2.44.